The first kappa shape index (κ1) is 18.0. The van der Waals surface area contributed by atoms with Crippen LogP contribution in [0, 0.1) is 23.7 Å². The van der Waals surface area contributed by atoms with Crippen molar-refractivity contribution in [2.45, 2.75) is 101 Å². The molecule has 0 radical (unpaired) electrons. The third-order valence-electron chi connectivity index (χ3n) is 7.56. The van der Waals surface area contributed by atoms with Crippen LogP contribution >= 0.6 is 0 Å². The summed E-state index contributed by atoms with van der Waals surface area (Å²) in [7, 11) is 0. The van der Waals surface area contributed by atoms with E-state index in [1.165, 1.54) is 64.2 Å². The van der Waals surface area contributed by atoms with Crippen LogP contribution in [0.4, 0.5) is 0 Å². The van der Waals surface area contributed by atoms with E-state index in [2.05, 4.69) is 12.2 Å². The van der Waals surface area contributed by atoms with Gasteiger partial charge in [-0.15, -0.1) is 0 Å². The standard InChI is InChI=1S/C22H36O3/c23-20-19(25-22(21(20)24)18-6-1-2-7-18)13-12-17-11-10-16(14-17)9-8-15-4-3-5-15/h12-13,15-24H,1-11,14H2/b13-12+. The lowest BCUT2D eigenvalue weighted by atomic mass is 9.80. The second kappa shape index (κ2) is 8.10. The van der Waals surface area contributed by atoms with Gasteiger partial charge in [0.1, 0.15) is 18.3 Å². The molecule has 3 nitrogen and oxygen atoms in total. The SMILES string of the molecule is OC1C(/C=C/C2CCC(CCC3CCC3)C2)OC(C2CCCC2)C1O. The topological polar surface area (TPSA) is 49.7 Å². The van der Waals surface area contributed by atoms with Crippen LogP contribution in [0.25, 0.3) is 0 Å². The minimum absolute atomic E-state index is 0.161. The van der Waals surface area contributed by atoms with Crippen LogP contribution in [0.5, 0.6) is 0 Å². The lowest BCUT2D eigenvalue weighted by Gasteiger charge is -2.26. The molecule has 4 aliphatic rings. The van der Waals surface area contributed by atoms with Crippen molar-refractivity contribution in [1.29, 1.82) is 0 Å². The Morgan fingerprint density at radius 3 is 2.24 bits per heavy atom. The number of hydrogen-bond acceptors (Lipinski definition) is 3. The molecule has 0 amide bonds. The first-order valence-electron chi connectivity index (χ1n) is 10.9. The van der Waals surface area contributed by atoms with E-state index in [9.17, 15) is 10.2 Å². The normalized spacial score (nSPS) is 43.3. The van der Waals surface area contributed by atoms with E-state index in [4.69, 9.17) is 4.74 Å². The Balaban J connectivity index is 1.24. The summed E-state index contributed by atoms with van der Waals surface area (Å²) < 4.78 is 6.07. The minimum atomic E-state index is -0.752. The Hall–Kier alpha value is -0.380. The fourth-order valence-electron chi connectivity index (χ4n) is 5.64. The smallest absolute Gasteiger partial charge is 0.112 e. The largest absolute Gasteiger partial charge is 0.388 e. The molecule has 142 valence electrons. The molecule has 0 aromatic rings. The van der Waals surface area contributed by atoms with Crippen molar-refractivity contribution in [2.75, 3.05) is 0 Å². The minimum Gasteiger partial charge on any atom is -0.388 e. The predicted molar refractivity (Wildman–Crippen MR) is 99.2 cm³/mol. The van der Waals surface area contributed by atoms with Crippen molar-refractivity contribution in [2.24, 2.45) is 23.7 Å². The molecule has 2 N–H and O–H groups in total. The van der Waals surface area contributed by atoms with Gasteiger partial charge in [-0.25, -0.2) is 0 Å². The summed E-state index contributed by atoms with van der Waals surface area (Å²) in [6, 6.07) is 0. The second-order valence-electron chi connectivity index (χ2n) is 9.29. The van der Waals surface area contributed by atoms with Gasteiger partial charge in [0.25, 0.3) is 0 Å². The first-order chi connectivity index (χ1) is 12.2. The molecular weight excluding hydrogens is 312 g/mol. The third kappa shape index (κ3) is 4.14. The highest BCUT2D eigenvalue weighted by atomic mass is 16.5. The molecule has 1 saturated heterocycles. The molecule has 1 aliphatic heterocycles. The average molecular weight is 349 g/mol. The Labute approximate surface area is 152 Å². The van der Waals surface area contributed by atoms with E-state index in [0.29, 0.717) is 11.8 Å². The molecule has 4 fully saturated rings. The van der Waals surface area contributed by atoms with Crippen LogP contribution in [-0.4, -0.2) is 34.6 Å². The summed E-state index contributed by atoms with van der Waals surface area (Å²) in [5, 5.41) is 20.7. The van der Waals surface area contributed by atoms with E-state index in [1.807, 2.05) is 0 Å². The lowest BCUT2D eigenvalue weighted by Crippen LogP contribution is -2.35. The zero-order valence-corrected chi connectivity index (χ0v) is 15.6. The summed E-state index contributed by atoms with van der Waals surface area (Å²) in [6.07, 6.45) is 18.3. The van der Waals surface area contributed by atoms with Crippen molar-refractivity contribution in [3.05, 3.63) is 12.2 Å². The van der Waals surface area contributed by atoms with Gasteiger partial charge in [-0.05, 0) is 55.8 Å². The number of aliphatic hydroxyl groups is 2. The number of rotatable bonds is 6. The van der Waals surface area contributed by atoms with Gasteiger partial charge in [0.2, 0.25) is 0 Å². The van der Waals surface area contributed by atoms with E-state index < -0.39 is 12.2 Å². The molecule has 3 heteroatoms. The summed E-state index contributed by atoms with van der Waals surface area (Å²) >= 11 is 0. The van der Waals surface area contributed by atoms with Gasteiger partial charge in [0, 0.05) is 0 Å². The molecule has 0 spiro atoms. The summed E-state index contributed by atoms with van der Waals surface area (Å²) in [4.78, 5) is 0. The van der Waals surface area contributed by atoms with Crippen LogP contribution < -0.4 is 0 Å². The van der Waals surface area contributed by atoms with Crippen molar-refractivity contribution >= 4 is 0 Å². The van der Waals surface area contributed by atoms with Crippen LogP contribution in [-0.2, 0) is 4.74 Å². The van der Waals surface area contributed by atoms with Gasteiger partial charge < -0.3 is 14.9 Å². The van der Waals surface area contributed by atoms with Gasteiger partial charge in [-0.1, -0.05) is 57.1 Å². The molecular formula is C22H36O3. The Morgan fingerprint density at radius 2 is 1.52 bits per heavy atom. The summed E-state index contributed by atoms with van der Waals surface area (Å²) in [5.41, 5.74) is 0. The van der Waals surface area contributed by atoms with Crippen molar-refractivity contribution in [3.8, 4) is 0 Å². The quantitative estimate of drug-likeness (QED) is 0.707. The molecule has 0 aromatic heterocycles. The third-order valence-corrected chi connectivity index (χ3v) is 7.56. The van der Waals surface area contributed by atoms with E-state index in [0.717, 1.165) is 24.7 Å². The van der Waals surface area contributed by atoms with E-state index in [1.54, 1.807) is 0 Å². The lowest BCUT2D eigenvalue weighted by molar-refractivity contribution is -0.0139. The van der Waals surface area contributed by atoms with Gasteiger partial charge in [0.05, 0.1) is 6.10 Å². The summed E-state index contributed by atoms with van der Waals surface area (Å²) in [5.74, 6) is 3.02. The fourth-order valence-corrected chi connectivity index (χ4v) is 5.64. The highest BCUT2D eigenvalue weighted by Crippen LogP contribution is 2.40. The zero-order valence-electron chi connectivity index (χ0n) is 15.6. The Kier molecular flexibility index (Phi) is 5.84. The zero-order chi connectivity index (χ0) is 17.2. The van der Waals surface area contributed by atoms with Gasteiger partial charge in [-0.2, -0.15) is 0 Å². The van der Waals surface area contributed by atoms with Crippen LogP contribution in [0.2, 0.25) is 0 Å². The predicted octanol–water partition coefficient (Wildman–Crippen LogP) is 4.22. The molecule has 1 heterocycles. The highest BCUT2D eigenvalue weighted by Gasteiger charge is 2.45. The maximum absolute atomic E-state index is 10.4. The number of hydrogen-bond donors (Lipinski definition) is 2. The van der Waals surface area contributed by atoms with Crippen molar-refractivity contribution in [1.82, 2.24) is 0 Å². The van der Waals surface area contributed by atoms with Crippen molar-refractivity contribution < 1.29 is 14.9 Å². The molecule has 0 aromatic carbocycles. The van der Waals surface area contributed by atoms with Crippen LogP contribution in [0.15, 0.2) is 12.2 Å². The molecule has 6 atom stereocenters. The van der Waals surface area contributed by atoms with Gasteiger partial charge in [-0.3, -0.25) is 0 Å². The highest BCUT2D eigenvalue weighted by molar-refractivity contribution is 5.06. The van der Waals surface area contributed by atoms with E-state index >= 15 is 0 Å². The molecule has 0 bridgehead atoms. The molecule has 6 unspecified atom stereocenters. The van der Waals surface area contributed by atoms with Crippen LogP contribution in [0.3, 0.4) is 0 Å². The average Bonchev–Trinajstić information content (AvgIpc) is 3.28. The molecule has 4 rings (SSSR count). The molecule has 3 aliphatic carbocycles. The fraction of sp³-hybridized carbons (Fsp3) is 0.909. The maximum atomic E-state index is 10.4. The first-order valence-corrected chi connectivity index (χ1v) is 10.9. The Morgan fingerprint density at radius 1 is 0.760 bits per heavy atom. The maximum Gasteiger partial charge on any atom is 0.112 e. The number of ether oxygens (including phenoxy) is 1. The van der Waals surface area contributed by atoms with E-state index in [-0.39, 0.29) is 12.2 Å². The van der Waals surface area contributed by atoms with Crippen LogP contribution in [0.1, 0.15) is 77.0 Å². The molecule has 3 saturated carbocycles. The van der Waals surface area contributed by atoms with Gasteiger partial charge in [0.15, 0.2) is 0 Å². The number of allylic oxidation sites excluding steroid dienone is 1. The second-order valence-corrected chi connectivity index (χ2v) is 9.29. The van der Waals surface area contributed by atoms with Gasteiger partial charge >= 0.3 is 0 Å². The molecule has 25 heavy (non-hydrogen) atoms. The Bertz CT molecular complexity index is 452. The number of aliphatic hydroxyl groups excluding tert-OH is 2. The monoisotopic (exact) mass is 348 g/mol. The summed E-state index contributed by atoms with van der Waals surface area (Å²) in [6.45, 7) is 0. The van der Waals surface area contributed by atoms with Crippen molar-refractivity contribution in [3.63, 3.8) is 0 Å².